The standard InChI is InChI=1S/C29H20ClN5O3S/c30-22-14-20(13-19-7-4-12-31-25(19)22)27-26(18-5-2-1-3-6-18)35-29-28(34-27)23(37)15-24(33-29)39(38)32-16-17-8-10-21(36)11-9-17/h1-15,32,36H,16H2,(H,33,35,37). The van der Waals surface area contributed by atoms with Crippen molar-refractivity contribution in [3.8, 4) is 28.3 Å². The van der Waals surface area contributed by atoms with Crippen molar-refractivity contribution in [2.75, 3.05) is 0 Å². The molecule has 6 rings (SSSR count). The third-order valence-corrected chi connectivity index (χ3v) is 7.47. The zero-order valence-corrected chi connectivity index (χ0v) is 21.8. The van der Waals surface area contributed by atoms with Gasteiger partial charge in [0, 0.05) is 35.3 Å². The number of fused-ring (bicyclic) bond motifs is 2. The van der Waals surface area contributed by atoms with E-state index in [0.717, 1.165) is 16.5 Å². The van der Waals surface area contributed by atoms with Crippen LogP contribution in [0, 0.1) is 0 Å². The minimum atomic E-state index is -1.73. The highest BCUT2D eigenvalue weighted by molar-refractivity contribution is 7.83. The molecular formula is C29H20ClN5O3S. The average Bonchev–Trinajstić information content (AvgIpc) is 2.96. The summed E-state index contributed by atoms with van der Waals surface area (Å²) in [6.07, 6.45) is 1.68. The molecule has 0 bridgehead atoms. The number of nitrogens with zero attached hydrogens (tertiary/aromatic N) is 3. The highest BCUT2D eigenvalue weighted by Gasteiger charge is 2.18. The van der Waals surface area contributed by atoms with Crippen LogP contribution < -0.4 is 10.2 Å². The molecule has 3 aromatic carbocycles. The summed E-state index contributed by atoms with van der Waals surface area (Å²) in [5.74, 6) is 0.147. The van der Waals surface area contributed by atoms with Gasteiger partial charge in [0.15, 0.2) is 11.2 Å². The van der Waals surface area contributed by atoms with Crippen LogP contribution in [0.15, 0.2) is 101 Å². The van der Waals surface area contributed by atoms with Crippen molar-refractivity contribution in [1.29, 1.82) is 0 Å². The number of aromatic amines is 1. The summed E-state index contributed by atoms with van der Waals surface area (Å²) < 4.78 is 15.9. The van der Waals surface area contributed by atoms with Crippen molar-refractivity contribution < 1.29 is 9.32 Å². The Bertz CT molecular complexity index is 1930. The molecular weight excluding hydrogens is 534 g/mol. The van der Waals surface area contributed by atoms with Crippen molar-refractivity contribution >= 4 is 44.7 Å². The lowest BCUT2D eigenvalue weighted by molar-refractivity contribution is 0.475. The molecule has 192 valence electrons. The number of phenolic OH excluding ortho intramolecular Hbond substituents is 1. The molecule has 0 aliphatic carbocycles. The van der Waals surface area contributed by atoms with E-state index >= 15 is 0 Å². The molecule has 1 atom stereocenters. The van der Waals surface area contributed by atoms with Crippen LogP contribution in [-0.2, 0) is 17.5 Å². The Hall–Kier alpha value is -4.44. The van der Waals surface area contributed by atoms with E-state index < -0.39 is 16.4 Å². The van der Waals surface area contributed by atoms with Crippen LogP contribution >= 0.6 is 11.6 Å². The van der Waals surface area contributed by atoms with E-state index in [0.29, 0.717) is 27.5 Å². The first kappa shape index (κ1) is 24.9. The highest BCUT2D eigenvalue weighted by atomic mass is 35.5. The van der Waals surface area contributed by atoms with Crippen LogP contribution in [0.4, 0.5) is 0 Å². The number of aromatic hydroxyl groups is 1. The predicted molar refractivity (Wildman–Crippen MR) is 153 cm³/mol. The van der Waals surface area contributed by atoms with E-state index in [2.05, 4.69) is 14.7 Å². The van der Waals surface area contributed by atoms with Gasteiger partial charge in [-0.05, 0) is 35.9 Å². The number of aromatic nitrogens is 4. The van der Waals surface area contributed by atoms with Crippen LogP contribution in [0.3, 0.4) is 0 Å². The molecule has 0 radical (unpaired) electrons. The zero-order valence-electron chi connectivity index (χ0n) is 20.3. The first-order chi connectivity index (χ1) is 19.0. The molecule has 3 N–H and O–H groups in total. The molecule has 0 aliphatic heterocycles. The van der Waals surface area contributed by atoms with Crippen molar-refractivity contribution in [2.45, 2.75) is 11.6 Å². The molecule has 3 aromatic heterocycles. The van der Waals surface area contributed by atoms with Gasteiger partial charge in [-0.3, -0.25) is 9.78 Å². The number of H-pyrrole nitrogens is 1. The van der Waals surface area contributed by atoms with Crippen LogP contribution in [0.1, 0.15) is 5.56 Å². The summed E-state index contributed by atoms with van der Waals surface area (Å²) in [4.78, 5) is 30.1. The number of phenols is 1. The predicted octanol–water partition coefficient (Wildman–Crippen LogP) is 5.37. The van der Waals surface area contributed by atoms with E-state index in [9.17, 15) is 14.1 Å². The number of rotatable bonds is 6. The molecule has 0 fully saturated rings. The Kier molecular flexibility index (Phi) is 6.62. The molecule has 8 nitrogen and oxygen atoms in total. The smallest absolute Gasteiger partial charge is 0.210 e. The number of benzene rings is 3. The lowest BCUT2D eigenvalue weighted by atomic mass is 10.0. The van der Waals surface area contributed by atoms with Crippen LogP contribution in [-0.4, -0.2) is 29.3 Å². The lowest BCUT2D eigenvalue weighted by Crippen LogP contribution is -2.20. The molecule has 1 unspecified atom stereocenters. The Morgan fingerprint density at radius 1 is 0.872 bits per heavy atom. The molecule has 10 heteroatoms. The molecule has 0 amide bonds. The summed E-state index contributed by atoms with van der Waals surface area (Å²) >= 11 is 6.57. The molecule has 39 heavy (non-hydrogen) atoms. The Labute approximate surface area is 230 Å². The molecule has 3 heterocycles. The SMILES string of the molecule is O=c1cc(S(=O)NCc2ccc(O)cc2)[nH]c2nc(-c3ccccc3)c(-c3cc(Cl)c4ncccc4c3)nc12. The maximum atomic E-state index is 13.2. The second-order valence-corrected chi connectivity index (χ2v) is 10.4. The average molecular weight is 554 g/mol. The summed E-state index contributed by atoms with van der Waals surface area (Å²) in [7, 11) is -1.73. The number of halogens is 1. The van der Waals surface area contributed by atoms with Crippen LogP contribution in [0.2, 0.25) is 5.02 Å². The number of pyridine rings is 2. The summed E-state index contributed by atoms with van der Waals surface area (Å²) in [6, 6.07) is 24.7. The van der Waals surface area contributed by atoms with Gasteiger partial charge in [-0.2, -0.15) is 0 Å². The monoisotopic (exact) mass is 553 g/mol. The minimum Gasteiger partial charge on any atom is -0.508 e. The minimum absolute atomic E-state index is 0.117. The van der Waals surface area contributed by atoms with Crippen LogP contribution in [0.5, 0.6) is 5.75 Å². The third kappa shape index (κ3) is 5.03. The number of hydrogen-bond donors (Lipinski definition) is 3. The molecule has 0 spiro atoms. The van der Waals surface area contributed by atoms with Gasteiger partial charge in [-0.25, -0.2) is 18.9 Å². The van der Waals surface area contributed by atoms with E-state index in [1.165, 1.54) is 6.07 Å². The van der Waals surface area contributed by atoms with E-state index in [1.54, 1.807) is 36.5 Å². The topological polar surface area (TPSA) is 121 Å². The Balaban J connectivity index is 1.46. The zero-order chi connectivity index (χ0) is 26.9. The molecule has 0 saturated carbocycles. The quantitative estimate of drug-likeness (QED) is 0.255. The number of hydrogen-bond acceptors (Lipinski definition) is 6. The van der Waals surface area contributed by atoms with Gasteiger partial charge < -0.3 is 10.1 Å². The van der Waals surface area contributed by atoms with Gasteiger partial charge in [-0.15, -0.1) is 0 Å². The van der Waals surface area contributed by atoms with E-state index in [-0.39, 0.29) is 28.5 Å². The van der Waals surface area contributed by atoms with Gasteiger partial charge in [-0.1, -0.05) is 60.1 Å². The third-order valence-electron chi connectivity index (χ3n) is 6.16. The van der Waals surface area contributed by atoms with E-state index in [4.69, 9.17) is 21.6 Å². The Morgan fingerprint density at radius 2 is 1.64 bits per heavy atom. The number of nitrogens with one attached hydrogen (secondary N) is 2. The fourth-order valence-corrected chi connectivity index (χ4v) is 5.39. The van der Waals surface area contributed by atoms with Crippen molar-refractivity contribution in [3.05, 3.63) is 112 Å². The largest absolute Gasteiger partial charge is 0.508 e. The van der Waals surface area contributed by atoms with Crippen LogP contribution in [0.25, 0.3) is 44.6 Å². The van der Waals surface area contributed by atoms with Gasteiger partial charge in [0.05, 0.1) is 21.9 Å². The molecule has 0 aliphatic rings. The van der Waals surface area contributed by atoms with Gasteiger partial charge in [0.25, 0.3) is 0 Å². The molecule has 6 aromatic rings. The highest BCUT2D eigenvalue weighted by Crippen LogP contribution is 2.34. The van der Waals surface area contributed by atoms with Gasteiger partial charge in [0.1, 0.15) is 21.8 Å². The van der Waals surface area contributed by atoms with Gasteiger partial charge in [0.2, 0.25) is 5.43 Å². The maximum absolute atomic E-state index is 13.2. The first-order valence-corrected chi connectivity index (χ1v) is 13.5. The summed E-state index contributed by atoms with van der Waals surface area (Å²) in [6.45, 7) is 0.268. The van der Waals surface area contributed by atoms with Crippen molar-refractivity contribution in [1.82, 2.24) is 24.7 Å². The lowest BCUT2D eigenvalue weighted by Gasteiger charge is -2.12. The Morgan fingerprint density at radius 3 is 2.44 bits per heavy atom. The van der Waals surface area contributed by atoms with Crippen molar-refractivity contribution in [2.24, 2.45) is 0 Å². The second-order valence-electron chi connectivity index (χ2n) is 8.77. The first-order valence-electron chi connectivity index (χ1n) is 11.9. The normalized spacial score (nSPS) is 12.1. The summed E-state index contributed by atoms with van der Waals surface area (Å²) in [5.41, 5.74) is 3.93. The van der Waals surface area contributed by atoms with E-state index in [1.807, 2.05) is 48.5 Å². The van der Waals surface area contributed by atoms with Gasteiger partial charge >= 0.3 is 0 Å². The second kappa shape index (κ2) is 10.4. The summed E-state index contributed by atoms with van der Waals surface area (Å²) in [5, 5.41) is 10.9. The fourth-order valence-electron chi connectivity index (χ4n) is 4.26. The molecule has 0 saturated heterocycles. The maximum Gasteiger partial charge on any atom is 0.210 e. The van der Waals surface area contributed by atoms with Crippen molar-refractivity contribution in [3.63, 3.8) is 0 Å². The fraction of sp³-hybridized carbons (Fsp3) is 0.0345.